The van der Waals surface area contributed by atoms with Gasteiger partial charge in [-0.1, -0.05) is 11.6 Å². The summed E-state index contributed by atoms with van der Waals surface area (Å²) in [5.74, 6) is 0.667. The van der Waals surface area contributed by atoms with Crippen molar-refractivity contribution in [1.82, 2.24) is 15.4 Å². The van der Waals surface area contributed by atoms with Crippen molar-refractivity contribution in [2.75, 3.05) is 0 Å². The number of nitrogens with zero attached hydrogens (tertiary/aromatic N) is 2. The summed E-state index contributed by atoms with van der Waals surface area (Å²) in [6.07, 6.45) is 4.81. The number of rotatable bonds is 0. The predicted octanol–water partition coefficient (Wildman–Crippen LogP) is 2.06. The fourth-order valence-corrected chi connectivity index (χ4v) is 1.74. The normalized spacial score (nSPS) is 13.8. The van der Waals surface area contributed by atoms with Crippen molar-refractivity contribution in [2.45, 2.75) is 0 Å². The summed E-state index contributed by atoms with van der Waals surface area (Å²) in [5.41, 5.74) is 4.31. The van der Waals surface area contributed by atoms with E-state index in [9.17, 15) is 0 Å². The maximum absolute atomic E-state index is 6.03. The molecule has 0 fully saturated rings. The molecule has 1 aromatic heterocycles. The molecule has 2 aromatic rings. The Morgan fingerprint density at radius 3 is 3.20 bits per heavy atom. The van der Waals surface area contributed by atoms with E-state index in [0.29, 0.717) is 10.8 Å². The van der Waals surface area contributed by atoms with Crippen LogP contribution in [0.2, 0.25) is 0 Å². The van der Waals surface area contributed by atoms with Crippen molar-refractivity contribution in [3.8, 4) is 5.75 Å². The number of hydrogen-bond acceptors (Lipinski definition) is 4. The van der Waals surface area contributed by atoms with E-state index in [1.165, 1.54) is 6.33 Å². The van der Waals surface area contributed by atoms with Crippen LogP contribution in [0.3, 0.4) is 0 Å². The third-order valence-electron chi connectivity index (χ3n) is 2.24. The smallest absolute Gasteiger partial charge is 0.174 e. The molecule has 15 heavy (non-hydrogen) atoms. The molecule has 0 saturated heterocycles. The Morgan fingerprint density at radius 1 is 1.33 bits per heavy atom. The molecule has 0 atom stereocenters. The number of hydroxylamine groups is 1. The van der Waals surface area contributed by atoms with Crippen LogP contribution in [0.15, 0.2) is 30.9 Å². The van der Waals surface area contributed by atoms with E-state index in [0.717, 1.165) is 16.5 Å². The molecule has 0 amide bonds. The van der Waals surface area contributed by atoms with E-state index in [-0.39, 0.29) is 0 Å². The van der Waals surface area contributed by atoms with Gasteiger partial charge in [-0.25, -0.2) is 15.4 Å². The molecular formula is C10H6ClN3O. The Hall–Kier alpha value is -1.81. The second-order valence-corrected chi connectivity index (χ2v) is 3.52. The minimum absolute atomic E-state index is 0.613. The summed E-state index contributed by atoms with van der Waals surface area (Å²) >= 11 is 6.03. The standard InChI is InChI=1S/C10H6ClN3O/c11-8-4-14-15-10-6(8)1-2-9-7(10)3-12-5-13-9/h1-5,14H. The largest absolute Gasteiger partial charge is 0.381 e. The van der Waals surface area contributed by atoms with Crippen LogP contribution in [0.4, 0.5) is 0 Å². The number of aromatic nitrogens is 2. The van der Waals surface area contributed by atoms with Gasteiger partial charge in [-0.15, -0.1) is 0 Å². The van der Waals surface area contributed by atoms with E-state index in [1.54, 1.807) is 12.4 Å². The quantitative estimate of drug-likeness (QED) is 0.737. The first kappa shape index (κ1) is 8.49. The summed E-state index contributed by atoms with van der Waals surface area (Å²) in [6, 6.07) is 3.77. The van der Waals surface area contributed by atoms with E-state index >= 15 is 0 Å². The van der Waals surface area contributed by atoms with Gasteiger partial charge in [-0.2, -0.15) is 0 Å². The molecule has 1 aromatic carbocycles. The average Bonchev–Trinajstić information content (AvgIpc) is 2.29. The van der Waals surface area contributed by atoms with Gasteiger partial charge in [0.1, 0.15) is 6.33 Å². The zero-order valence-electron chi connectivity index (χ0n) is 7.57. The molecule has 0 saturated carbocycles. The number of fused-ring (bicyclic) bond motifs is 3. The second kappa shape index (κ2) is 3.10. The maximum atomic E-state index is 6.03. The highest BCUT2D eigenvalue weighted by molar-refractivity contribution is 6.49. The molecule has 3 rings (SSSR count). The molecule has 5 heteroatoms. The van der Waals surface area contributed by atoms with Crippen molar-refractivity contribution in [1.29, 1.82) is 0 Å². The Kier molecular flexibility index (Phi) is 1.76. The molecule has 0 aliphatic carbocycles. The summed E-state index contributed by atoms with van der Waals surface area (Å²) in [5, 5.41) is 1.45. The van der Waals surface area contributed by atoms with Crippen molar-refractivity contribution in [3.05, 3.63) is 36.4 Å². The average molecular weight is 220 g/mol. The lowest BCUT2D eigenvalue weighted by Gasteiger charge is -2.16. The number of hydrogen-bond donors (Lipinski definition) is 1. The van der Waals surface area contributed by atoms with Gasteiger partial charge in [-0.3, -0.25) is 0 Å². The maximum Gasteiger partial charge on any atom is 0.174 e. The molecule has 0 radical (unpaired) electrons. The fraction of sp³-hybridized carbons (Fsp3) is 0. The summed E-state index contributed by atoms with van der Waals surface area (Å²) in [6.45, 7) is 0. The molecule has 1 aliphatic heterocycles. The zero-order valence-corrected chi connectivity index (χ0v) is 8.32. The Labute approximate surface area is 90.5 Å². The van der Waals surface area contributed by atoms with Crippen LogP contribution in [0.5, 0.6) is 5.75 Å². The first-order valence-corrected chi connectivity index (χ1v) is 4.75. The van der Waals surface area contributed by atoms with E-state index in [1.807, 2.05) is 12.1 Å². The van der Waals surface area contributed by atoms with E-state index < -0.39 is 0 Å². The Morgan fingerprint density at radius 2 is 2.27 bits per heavy atom. The van der Waals surface area contributed by atoms with Gasteiger partial charge in [-0.05, 0) is 12.1 Å². The van der Waals surface area contributed by atoms with Crippen molar-refractivity contribution in [2.24, 2.45) is 0 Å². The number of halogens is 1. The molecule has 74 valence electrons. The van der Waals surface area contributed by atoms with Crippen LogP contribution in [0, 0.1) is 0 Å². The van der Waals surface area contributed by atoms with Crippen molar-refractivity contribution >= 4 is 27.5 Å². The molecule has 2 heterocycles. The molecule has 1 N–H and O–H groups in total. The first-order chi connectivity index (χ1) is 7.36. The van der Waals surface area contributed by atoms with E-state index in [2.05, 4.69) is 15.4 Å². The number of nitrogens with one attached hydrogen (secondary N) is 1. The highest BCUT2D eigenvalue weighted by Gasteiger charge is 2.16. The molecule has 1 aliphatic rings. The van der Waals surface area contributed by atoms with Gasteiger partial charge in [0.25, 0.3) is 0 Å². The molecule has 0 bridgehead atoms. The molecular weight excluding hydrogens is 214 g/mol. The van der Waals surface area contributed by atoms with Crippen LogP contribution >= 0.6 is 11.6 Å². The SMILES string of the molecule is ClC1=CNOc2c1ccc1ncncc21. The van der Waals surface area contributed by atoms with Crippen molar-refractivity contribution < 1.29 is 4.84 Å². The fourth-order valence-electron chi connectivity index (χ4n) is 1.55. The summed E-state index contributed by atoms with van der Waals surface area (Å²) in [7, 11) is 0. The van der Waals surface area contributed by atoms with Crippen LogP contribution in [0.1, 0.15) is 5.56 Å². The van der Waals surface area contributed by atoms with Crippen LogP contribution in [-0.4, -0.2) is 9.97 Å². The topological polar surface area (TPSA) is 47.0 Å². The Balaban J connectivity index is 2.39. The minimum atomic E-state index is 0.613. The van der Waals surface area contributed by atoms with Gasteiger partial charge >= 0.3 is 0 Å². The van der Waals surface area contributed by atoms with Gasteiger partial charge in [0.15, 0.2) is 5.75 Å². The Bertz CT molecular complexity index is 568. The highest BCUT2D eigenvalue weighted by Crippen LogP contribution is 2.35. The minimum Gasteiger partial charge on any atom is -0.381 e. The third-order valence-corrected chi connectivity index (χ3v) is 2.56. The lowest BCUT2D eigenvalue weighted by atomic mass is 10.1. The third kappa shape index (κ3) is 1.22. The lowest BCUT2D eigenvalue weighted by molar-refractivity contribution is 0.242. The summed E-state index contributed by atoms with van der Waals surface area (Å²) in [4.78, 5) is 13.4. The van der Waals surface area contributed by atoms with E-state index in [4.69, 9.17) is 16.4 Å². The monoisotopic (exact) mass is 219 g/mol. The molecule has 4 nitrogen and oxygen atoms in total. The van der Waals surface area contributed by atoms with Crippen molar-refractivity contribution in [3.63, 3.8) is 0 Å². The molecule has 0 unspecified atom stereocenters. The van der Waals surface area contributed by atoms with Gasteiger partial charge in [0.05, 0.1) is 22.1 Å². The van der Waals surface area contributed by atoms with Crippen LogP contribution < -0.4 is 10.3 Å². The van der Waals surface area contributed by atoms with Gasteiger partial charge in [0, 0.05) is 11.8 Å². The predicted molar refractivity (Wildman–Crippen MR) is 57.1 cm³/mol. The first-order valence-electron chi connectivity index (χ1n) is 4.37. The summed E-state index contributed by atoms with van der Waals surface area (Å²) < 4.78 is 0. The van der Waals surface area contributed by atoms with Gasteiger partial charge in [0.2, 0.25) is 0 Å². The van der Waals surface area contributed by atoms with Crippen LogP contribution in [-0.2, 0) is 0 Å². The van der Waals surface area contributed by atoms with Gasteiger partial charge < -0.3 is 4.84 Å². The highest BCUT2D eigenvalue weighted by atomic mass is 35.5. The lowest BCUT2D eigenvalue weighted by Crippen LogP contribution is -2.16. The molecule has 0 spiro atoms. The van der Waals surface area contributed by atoms with Crippen LogP contribution in [0.25, 0.3) is 15.9 Å². The second-order valence-electron chi connectivity index (χ2n) is 3.11. The zero-order chi connectivity index (χ0) is 10.3. The number of benzene rings is 1.